The molecular formula is C6H11Br2OP. The molecule has 1 saturated carbocycles. The second-order valence-corrected chi connectivity index (χ2v) is 9.90. The van der Waals surface area contributed by atoms with Crippen LogP contribution in [0.25, 0.3) is 0 Å². The molecule has 10 heavy (non-hydrogen) atoms. The Morgan fingerprint density at radius 3 is 2.20 bits per heavy atom. The highest BCUT2D eigenvalue weighted by Crippen LogP contribution is 2.55. The van der Waals surface area contributed by atoms with E-state index in [0.717, 1.165) is 0 Å². The van der Waals surface area contributed by atoms with Crippen molar-refractivity contribution in [1.82, 2.24) is 0 Å². The quantitative estimate of drug-likeness (QED) is 0.687. The number of halogens is 2. The Labute approximate surface area is 79.2 Å². The summed E-state index contributed by atoms with van der Waals surface area (Å²) in [4.78, 5) is 0. The normalized spacial score (nSPS) is 21.9. The Hall–Kier alpha value is 1.35. The zero-order valence-corrected chi connectivity index (χ0v) is 9.79. The Morgan fingerprint density at radius 1 is 1.10 bits per heavy atom. The zero-order chi connectivity index (χ0) is 7.40. The molecule has 1 aliphatic rings. The van der Waals surface area contributed by atoms with Crippen molar-refractivity contribution in [3.63, 3.8) is 0 Å². The summed E-state index contributed by atoms with van der Waals surface area (Å²) >= 11 is 6.74. The fourth-order valence-corrected chi connectivity index (χ4v) is 3.14. The minimum atomic E-state index is -0.498. The molecule has 60 valence electrons. The largest absolute Gasteiger partial charge is 0.335 e. The Morgan fingerprint density at radius 2 is 1.70 bits per heavy atom. The fourth-order valence-electron chi connectivity index (χ4n) is 1.28. The van der Waals surface area contributed by atoms with E-state index in [4.69, 9.17) is 4.52 Å². The molecule has 0 aliphatic heterocycles. The molecule has 0 heterocycles. The summed E-state index contributed by atoms with van der Waals surface area (Å²) in [6, 6.07) is 0. The Balaban J connectivity index is 2.13. The molecule has 1 rings (SSSR count). The third-order valence-electron chi connectivity index (χ3n) is 1.78. The van der Waals surface area contributed by atoms with E-state index in [1.54, 1.807) is 0 Å². The van der Waals surface area contributed by atoms with E-state index in [1.165, 1.54) is 32.1 Å². The third-order valence-corrected chi connectivity index (χ3v) is 3.24. The van der Waals surface area contributed by atoms with E-state index >= 15 is 0 Å². The van der Waals surface area contributed by atoms with E-state index < -0.39 is 5.55 Å². The molecule has 1 nitrogen and oxygen atoms in total. The number of hydrogen-bond acceptors (Lipinski definition) is 1. The van der Waals surface area contributed by atoms with Crippen LogP contribution < -0.4 is 0 Å². The molecule has 0 bridgehead atoms. The summed E-state index contributed by atoms with van der Waals surface area (Å²) in [5, 5.41) is 0. The molecule has 0 radical (unpaired) electrons. The predicted octanol–water partition coefficient (Wildman–Crippen LogP) is 4.35. The van der Waals surface area contributed by atoms with Gasteiger partial charge in [0.1, 0.15) is 0 Å². The molecule has 0 aromatic carbocycles. The topological polar surface area (TPSA) is 9.23 Å². The van der Waals surface area contributed by atoms with Gasteiger partial charge in [-0.2, -0.15) is 0 Å². The predicted molar refractivity (Wildman–Crippen MR) is 52.7 cm³/mol. The van der Waals surface area contributed by atoms with Crippen molar-refractivity contribution in [2.24, 2.45) is 0 Å². The van der Waals surface area contributed by atoms with E-state index in [2.05, 4.69) is 31.0 Å². The van der Waals surface area contributed by atoms with Crippen LogP contribution in [0.3, 0.4) is 0 Å². The van der Waals surface area contributed by atoms with E-state index in [0.29, 0.717) is 6.10 Å². The van der Waals surface area contributed by atoms with E-state index in [1.807, 2.05) is 0 Å². The van der Waals surface area contributed by atoms with Crippen molar-refractivity contribution in [3.8, 4) is 0 Å². The minimum Gasteiger partial charge on any atom is -0.335 e. The average molecular weight is 290 g/mol. The van der Waals surface area contributed by atoms with Crippen LogP contribution >= 0.6 is 36.5 Å². The maximum Gasteiger partial charge on any atom is 0.171 e. The van der Waals surface area contributed by atoms with E-state index in [9.17, 15) is 0 Å². The van der Waals surface area contributed by atoms with Gasteiger partial charge in [-0.1, -0.05) is 19.3 Å². The van der Waals surface area contributed by atoms with Crippen LogP contribution in [0.2, 0.25) is 0 Å². The van der Waals surface area contributed by atoms with Crippen LogP contribution in [0.1, 0.15) is 32.1 Å². The van der Waals surface area contributed by atoms with Crippen molar-refractivity contribution in [1.29, 1.82) is 0 Å². The standard InChI is InChI=1S/C6H11Br2OP/c7-10(8)9-6-4-2-1-3-5-6/h6H,1-5H2. The van der Waals surface area contributed by atoms with Gasteiger partial charge in [0.25, 0.3) is 0 Å². The number of rotatable bonds is 2. The molecule has 0 N–H and O–H groups in total. The highest BCUT2D eigenvalue weighted by atomic mass is 79.9. The lowest BCUT2D eigenvalue weighted by molar-refractivity contribution is 0.181. The van der Waals surface area contributed by atoms with Crippen molar-refractivity contribution in [2.45, 2.75) is 38.2 Å². The molecule has 1 aliphatic carbocycles. The van der Waals surface area contributed by atoms with E-state index in [-0.39, 0.29) is 0 Å². The van der Waals surface area contributed by atoms with Gasteiger partial charge in [0.15, 0.2) is 5.55 Å². The zero-order valence-electron chi connectivity index (χ0n) is 5.72. The molecule has 0 aromatic heterocycles. The van der Waals surface area contributed by atoms with Crippen LogP contribution in [0.4, 0.5) is 0 Å². The molecule has 0 atom stereocenters. The lowest BCUT2D eigenvalue weighted by Crippen LogP contribution is -2.12. The summed E-state index contributed by atoms with van der Waals surface area (Å²) in [7, 11) is 0. The molecule has 0 aromatic rings. The molecular weight excluding hydrogens is 279 g/mol. The first-order valence-electron chi connectivity index (χ1n) is 3.57. The molecule has 1 fully saturated rings. The third kappa shape index (κ3) is 3.66. The summed E-state index contributed by atoms with van der Waals surface area (Å²) in [5.74, 6) is 0. The lowest BCUT2D eigenvalue weighted by Gasteiger charge is -2.21. The van der Waals surface area contributed by atoms with Crippen molar-refractivity contribution in [3.05, 3.63) is 0 Å². The molecule has 0 amide bonds. The van der Waals surface area contributed by atoms with Crippen molar-refractivity contribution >= 4 is 36.5 Å². The Kier molecular flexibility index (Phi) is 4.79. The van der Waals surface area contributed by atoms with Crippen LogP contribution in [-0.4, -0.2) is 6.10 Å². The fraction of sp³-hybridized carbons (Fsp3) is 1.00. The highest BCUT2D eigenvalue weighted by molar-refractivity contribution is 9.68. The maximum atomic E-state index is 5.59. The van der Waals surface area contributed by atoms with Gasteiger partial charge in [-0.25, -0.2) is 0 Å². The smallest absolute Gasteiger partial charge is 0.171 e. The van der Waals surface area contributed by atoms with Crippen molar-refractivity contribution in [2.75, 3.05) is 0 Å². The first-order valence-corrected chi connectivity index (χ1v) is 8.87. The Bertz CT molecular complexity index is 93.7. The van der Waals surface area contributed by atoms with Crippen molar-refractivity contribution < 1.29 is 4.52 Å². The maximum absolute atomic E-state index is 5.59. The van der Waals surface area contributed by atoms with Gasteiger partial charge in [-0.15, -0.1) is 0 Å². The minimum absolute atomic E-state index is 0.498. The summed E-state index contributed by atoms with van der Waals surface area (Å²) in [5.41, 5.74) is -0.498. The molecule has 0 saturated heterocycles. The highest BCUT2D eigenvalue weighted by Gasteiger charge is 2.15. The summed E-state index contributed by atoms with van der Waals surface area (Å²) in [6.45, 7) is 0. The van der Waals surface area contributed by atoms with Gasteiger partial charge in [0, 0.05) is 0 Å². The SMILES string of the molecule is BrP(Br)OC1CCCCC1. The average Bonchev–Trinajstić information content (AvgIpc) is 1.88. The lowest BCUT2D eigenvalue weighted by atomic mass is 9.98. The monoisotopic (exact) mass is 288 g/mol. The summed E-state index contributed by atoms with van der Waals surface area (Å²) in [6.07, 6.45) is 7.08. The molecule has 0 spiro atoms. The van der Waals surface area contributed by atoms with Gasteiger partial charge in [-0.3, -0.25) is 0 Å². The second-order valence-electron chi connectivity index (χ2n) is 2.57. The first kappa shape index (κ1) is 9.44. The molecule has 0 unspecified atom stereocenters. The molecule has 4 heteroatoms. The van der Waals surface area contributed by atoms with Crippen LogP contribution in [0.15, 0.2) is 0 Å². The summed E-state index contributed by atoms with van der Waals surface area (Å²) < 4.78 is 5.59. The van der Waals surface area contributed by atoms with Crippen LogP contribution in [0.5, 0.6) is 0 Å². The van der Waals surface area contributed by atoms with Gasteiger partial charge in [-0.05, 0) is 43.8 Å². The van der Waals surface area contributed by atoms with Crippen LogP contribution in [0, 0.1) is 0 Å². The van der Waals surface area contributed by atoms with Gasteiger partial charge in [0.2, 0.25) is 0 Å². The van der Waals surface area contributed by atoms with Crippen LogP contribution in [-0.2, 0) is 4.52 Å². The van der Waals surface area contributed by atoms with Gasteiger partial charge >= 0.3 is 0 Å². The first-order chi connectivity index (χ1) is 4.79. The second kappa shape index (κ2) is 5.08. The number of hydrogen-bond donors (Lipinski definition) is 0. The van der Waals surface area contributed by atoms with Gasteiger partial charge in [0.05, 0.1) is 6.10 Å². The van der Waals surface area contributed by atoms with Gasteiger partial charge < -0.3 is 4.52 Å².